The molecule has 2 fully saturated rings. The maximum atomic E-state index is 11.9. The number of morpholine rings is 1. The molecule has 2 aromatic rings. The summed E-state index contributed by atoms with van der Waals surface area (Å²) in [6.07, 6.45) is 6.49. The highest BCUT2D eigenvalue weighted by molar-refractivity contribution is 5.77. The third-order valence-electron chi connectivity index (χ3n) is 6.11. The van der Waals surface area contributed by atoms with E-state index in [0.717, 1.165) is 69.2 Å². The minimum atomic E-state index is -0.124. The molecule has 4 rings (SSSR count). The molecule has 3 N–H and O–H groups in total. The summed E-state index contributed by atoms with van der Waals surface area (Å²) in [5.74, 6) is 0.410. The molecule has 8 heteroatoms. The van der Waals surface area contributed by atoms with Crippen molar-refractivity contribution in [3.05, 3.63) is 53.2 Å². The zero-order chi connectivity index (χ0) is 24.9. The largest absolute Gasteiger partial charge is 0.465 e. The molecule has 2 aliphatic heterocycles. The Morgan fingerprint density at radius 3 is 2.60 bits per heavy atom. The van der Waals surface area contributed by atoms with Crippen LogP contribution < -0.4 is 10.6 Å². The van der Waals surface area contributed by atoms with E-state index in [1.54, 1.807) is 0 Å². The van der Waals surface area contributed by atoms with E-state index >= 15 is 0 Å². The summed E-state index contributed by atoms with van der Waals surface area (Å²) in [7, 11) is 0. The molecule has 0 bridgehead atoms. The van der Waals surface area contributed by atoms with Crippen molar-refractivity contribution in [3.63, 3.8) is 0 Å². The van der Waals surface area contributed by atoms with Gasteiger partial charge in [0.15, 0.2) is 0 Å². The van der Waals surface area contributed by atoms with Crippen LogP contribution in [0.15, 0.2) is 36.4 Å². The van der Waals surface area contributed by atoms with E-state index in [-0.39, 0.29) is 5.97 Å². The summed E-state index contributed by atoms with van der Waals surface area (Å²) in [4.78, 5) is 20.8. The number of aromatic nitrogens is 1. The maximum absolute atomic E-state index is 11.9. The Morgan fingerprint density at radius 2 is 1.91 bits per heavy atom. The third kappa shape index (κ3) is 9.66. The average molecular weight is 482 g/mol. The lowest BCUT2D eigenvalue weighted by molar-refractivity contribution is -0.145. The van der Waals surface area contributed by atoms with E-state index in [9.17, 15) is 4.79 Å². The van der Waals surface area contributed by atoms with E-state index in [0.29, 0.717) is 19.0 Å². The molecule has 1 aromatic heterocycles. The molecule has 35 heavy (non-hydrogen) atoms. The van der Waals surface area contributed by atoms with Gasteiger partial charge in [-0.05, 0) is 57.3 Å². The highest BCUT2D eigenvalue weighted by Crippen LogP contribution is 2.20. The van der Waals surface area contributed by atoms with Crippen LogP contribution in [0, 0.1) is 12.3 Å². The second-order valence-corrected chi connectivity index (χ2v) is 9.06. The van der Waals surface area contributed by atoms with Gasteiger partial charge in [0.05, 0.1) is 26.4 Å². The summed E-state index contributed by atoms with van der Waals surface area (Å²) >= 11 is 0. The molecule has 0 saturated carbocycles. The molecule has 0 radical (unpaired) electrons. The molecule has 0 atom stereocenters. The first kappa shape index (κ1) is 26.6. The van der Waals surface area contributed by atoms with Crippen molar-refractivity contribution in [2.75, 3.05) is 63.2 Å². The highest BCUT2D eigenvalue weighted by atomic mass is 16.5. The van der Waals surface area contributed by atoms with Crippen molar-refractivity contribution in [1.29, 1.82) is 5.41 Å². The lowest BCUT2D eigenvalue weighted by Gasteiger charge is -2.29. The van der Waals surface area contributed by atoms with Crippen LogP contribution in [0.5, 0.6) is 0 Å². The molecule has 2 aliphatic rings. The zero-order valence-corrected chi connectivity index (χ0v) is 20.9. The number of carbonyl (C=O) groups excluding carboxylic acids is 1. The van der Waals surface area contributed by atoms with Gasteiger partial charge in [-0.2, -0.15) is 0 Å². The number of nitrogen functional groups attached to an aromatic ring is 1. The normalized spacial score (nSPS) is 16.2. The molecule has 190 valence electrons. The van der Waals surface area contributed by atoms with Crippen molar-refractivity contribution in [3.8, 4) is 0 Å². The van der Waals surface area contributed by atoms with E-state index < -0.39 is 0 Å². The van der Waals surface area contributed by atoms with Gasteiger partial charge in [0.2, 0.25) is 0 Å². The maximum Gasteiger partial charge on any atom is 0.320 e. The number of hydrogen-bond acceptors (Lipinski definition) is 8. The van der Waals surface area contributed by atoms with Crippen LogP contribution in [0.2, 0.25) is 0 Å². The SMILES string of the molecule is Cc1cccc(C=N)c1.Nc1cc(N2CCOCC2)cc(CCCOC(=O)CN2CCCCC2)n1. The number of rotatable bonds is 8. The van der Waals surface area contributed by atoms with Gasteiger partial charge in [0, 0.05) is 36.8 Å². The zero-order valence-electron chi connectivity index (χ0n) is 20.9. The predicted molar refractivity (Wildman–Crippen MR) is 140 cm³/mol. The number of nitrogens with zero attached hydrogens (tertiary/aromatic N) is 3. The number of nitrogens with two attached hydrogens (primary N) is 1. The van der Waals surface area contributed by atoms with Gasteiger partial charge in [0.25, 0.3) is 0 Å². The van der Waals surface area contributed by atoms with Gasteiger partial charge in [0.1, 0.15) is 5.82 Å². The number of benzene rings is 1. The van der Waals surface area contributed by atoms with Crippen molar-refractivity contribution in [2.24, 2.45) is 0 Å². The smallest absolute Gasteiger partial charge is 0.320 e. The lowest BCUT2D eigenvalue weighted by Crippen LogP contribution is -2.36. The molecule has 8 nitrogen and oxygen atoms in total. The number of pyridine rings is 1. The number of nitrogens with one attached hydrogen (secondary N) is 1. The number of anilines is 2. The average Bonchev–Trinajstić information content (AvgIpc) is 2.88. The van der Waals surface area contributed by atoms with Crippen molar-refractivity contribution in [1.82, 2.24) is 9.88 Å². The van der Waals surface area contributed by atoms with Crippen molar-refractivity contribution in [2.45, 2.75) is 39.0 Å². The topological polar surface area (TPSA) is 105 Å². The molecule has 0 aliphatic carbocycles. The second-order valence-electron chi connectivity index (χ2n) is 9.06. The first-order valence-corrected chi connectivity index (χ1v) is 12.6. The van der Waals surface area contributed by atoms with Gasteiger partial charge in [-0.15, -0.1) is 0 Å². The molecule has 2 saturated heterocycles. The molecule has 0 spiro atoms. The number of hydrogen-bond donors (Lipinski definition) is 2. The minimum Gasteiger partial charge on any atom is -0.465 e. The van der Waals surface area contributed by atoms with Gasteiger partial charge in [-0.3, -0.25) is 9.69 Å². The van der Waals surface area contributed by atoms with Gasteiger partial charge in [-0.25, -0.2) is 4.98 Å². The van der Waals surface area contributed by atoms with E-state index in [1.807, 2.05) is 37.3 Å². The van der Waals surface area contributed by atoms with Crippen LogP contribution >= 0.6 is 0 Å². The standard InChI is InChI=1S/C19H30N4O3.C8H9N/c20-18-14-17(23-8-11-25-12-9-23)13-16(21-18)5-4-10-26-19(24)15-22-6-2-1-3-7-22;1-7-3-2-4-8(5-7)6-9/h13-14H,1-12,15H2,(H2,20,21);2-6,9H,1H3. The van der Waals surface area contributed by atoms with Crippen LogP contribution in [0.25, 0.3) is 0 Å². The molecular formula is C27H39N5O3. The summed E-state index contributed by atoms with van der Waals surface area (Å²) in [5.41, 5.74) is 10.2. The van der Waals surface area contributed by atoms with Crippen LogP contribution in [-0.2, 0) is 20.7 Å². The Bertz CT molecular complexity index is 940. The Morgan fingerprint density at radius 1 is 1.14 bits per heavy atom. The number of esters is 1. The molecule has 0 unspecified atom stereocenters. The van der Waals surface area contributed by atoms with Crippen molar-refractivity contribution >= 4 is 23.7 Å². The first-order chi connectivity index (χ1) is 17.0. The Kier molecular flexibility index (Phi) is 11.0. The van der Waals surface area contributed by atoms with Crippen molar-refractivity contribution < 1.29 is 14.3 Å². The monoisotopic (exact) mass is 481 g/mol. The van der Waals surface area contributed by atoms with E-state index in [4.69, 9.17) is 20.6 Å². The van der Waals surface area contributed by atoms with Gasteiger partial charge >= 0.3 is 5.97 Å². The molecule has 1 aromatic carbocycles. The quantitative estimate of drug-likeness (QED) is 0.338. The fraction of sp³-hybridized carbons (Fsp3) is 0.519. The number of piperidine rings is 1. The van der Waals surface area contributed by atoms with Crippen LogP contribution in [-0.4, -0.2) is 74.6 Å². The number of carbonyl (C=O) groups is 1. The van der Waals surface area contributed by atoms with Crippen LogP contribution in [0.1, 0.15) is 42.5 Å². The molecule has 3 heterocycles. The van der Waals surface area contributed by atoms with Crippen LogP contribution in [0.3, 0.4) is 0 Å². The summed E-state index contributed by atoms with van der Waals surface area (Å²) in [6, 6.07) is 11.9. The minimum absolute atomic E-state index is 0.124. The fourth-order valence-electron chi connectivity index (χ4n) is 4.27. The Hall–Kier alpha value is -2.97. The van der Waals surface area contributed by atoms with Gasteiger partial charge in [-0.1, -0.05) is 36.2 Å². The molecular weight excluding hydrogens is 442 g/mol. The molecule has 0 amide bonds. The number of likely N-dealkylation sites (tertiary alicyclic amines) is 1. The van der Waals surface area contributed by atoms with E-state index in [2.05, 4.69) is 20.9 Å². The van der Waals surface area contributed by atoms with Gasteiger partial charge < -0.3 is 25.5 Å². The number of ether oxygens (including phenoxy) is 2. The Labute approximate surface area is 208 Å². The second kappa shape index (κ2) is 14.4. The summed E-state index contributed by atoms with van der Waals surface area (Å²) in [5, 5.41) is 6.92. The first-order valence-electron chi connectivity index (χ1n) is 12.6. The highest BCUT2D eigenvalue weighted by Gasteiger charge is 2.15. The predicted octanol–water partition coefficient (Wildman–Crippen LogP) is 3.45. The Balaban J connectivity index is 0.000000320. The van der Waals surface area contributed by atoms with E-state index in [1.165, 1.54) is 31.0 Å². The summed E-state index contributed by atoms with van der Waals surface area (Å²) in [6.45, 7) is 8.10. The third-order valence-corrected chi connectivity index (χ3v) is 6.11. The summed E-state index contributed by atoms with van der Waals surface area (Å²) < 4.78 is 10.8. The fourth-order valence-corrected chi connectivity index (χ4v) is 4.27. The lowest BCUT2D eigenvalue weighted by atomic mass is 10.1. The van der Waals surface area contributed by atoms with Crippen LogP contribution in [0.4, 0.5) is 11.5 Å². The number of aryl methyl sites for hydroxylation is 2.